The largest absolute Gasteiger partial charge is 0.348 e. The topological polar surface area (TPSA) is 67.2 Å². The molecule has 3 atom stereocenters. The van der Waals surface area contributed by atoms with Crippen molar-refractivity contribution in [2.75, 3.05) is 6.54 Å². The zero-order chi connectivity index (χ0) is 29.9. The van der Waals surface area contributed by atoms with Crippen LogP contribution in [0.15, 0.2) is 67.0 Å². The highest BCUT2D eigenvalue weighted by molar-refractivity contribution is 6.42. The lowest BCUT2D eigenvalue weighted by Gasteiger charge is -2.39. The van der Waals surface area contributed by atoms with Crippen molar-refractivity contribution in [1.82, 2.24) is 19.8 Å². The Morgan fingerprint density at radius 3 is 2.51 bits per heavy atom. The first-order valence-electron chi connectivity index (χ1n) is 15.4. The molecule has 0 spiro atoms. The van der Waals surface area contributed by atoms with Gasteiger partial charge in [-0.2, -0.15) is 0 Å². The van der Waals surface area contributed by atoms with Gasteiger partial charge in [0.25, 0.3) is 5.91 Å². The number of halogens is 2. The number of hydrogen-bond donors (Lipinski definition) is 1. The third kappa shape index (κ3) is 6.52. The molecule has 2 fully saturated rings. The molecule has 2 aliphatic heterocycles. The highest BCUT2D eigenvalue weighted by Gasteiger charge is 2.40. The molecule has 224 valence electrons. The van der Waals surface area contributed by atoms with E-state index in [-0.39, 0.29) is 11.7 Å². The van der Waals surface area contributed by atoms with Crippen molar-refractivity contribution in [3.63, 3.8) is 0 Å². The number of ketones is 1. The molecule has 2 saturated heterocycles. The van der Waals surface area contributed by atoms with Gasteiger partial charge in [-0.25, -0.2) is 0 Å². The molecule has 2 bridgehead atoms. The van der Waals surface area contributed by atoms with Crippen molar-refractivity contribution in [2.45, 2.75) is 77.0 Å². The first-order valence-corrected chi connectivity index (χ1v) is 16.2. The monoisotopic (exact) mass is 616 g/mol. The van der Waals surface area contributed by atoms with Crippen LogP contribution in [0.2, 0.25) is 10.0 Å². The van der Waals surface area contributed by atoms with E-state index in [4.69, 9.17) is 23.2 Å². The van der Waals surface area contributed by atoms with Gasteiger partial charge in [0.1, 0.15) is 5.69 Å². The number of piperidine rings is 1. The maximum absolute atomic E-state index is 13.4. The number of aryl methyl sites for hydroxylation is 2. The van der Waals surface area contributed by atoms with Crippen LogP contribution < -0.4 is 5.32 Å². The average Bonchev–Trinajstić information content (AvgIpc) is 3.51. The number of nitrogens with zero attached hydrogens (tertiary/aromatic N) is 3. The molecule has 2 aromatic carbocycles. The van der Waals surface area contributed by atoms with E-state index in [2.05, 4.69) is 38.8 Å². The molecule has 6 rings (SSSR count). The number of nitrogens with one attached hydrogen (secondary N) is 1. The number of rotatable bonds is 11. The summed E-state index contributed by atoms with van der Waals surface area (Å²) in [5.74, 6) is 0.513. The lowest BCUT2D eigenvalue weighted by molar-refractivity contribution is 0.0804. The Balaban J connectivity index is 1.10. The Morgan fingerprint density at radius 2 is 1.79 bits per heavy atom. The van der Waals surface area contributed by atoms with E-state index >= 15 is 0 Å². The third-order valence-electron chi connectivity index (χ3n) is 9.27. The van der Waals surface area contributed by atoms with E-state index in [1.807, 2.05) is 36.5 Å². The molecule has 2 aliphatic rings. The maximum atomic E-state index is 13.4. The minimum Gasteiger partial charge on any atom is -0.348 e. The van der Waals surface area contributed by atoms with Gasteiger partial charge >= 0.3 is 0 Å². The van der Waals surface area contributed by atoms with Crippen LogP contribution >= 0.6 is 23.2 Å². The molecule has 1 amide bonds. The number of hydrogen-bond acceptors (Lipinski definition) is 4. The SMILES string of the molecule is CCc1cccc2c(C(=O)NCc3ccc(Cl)c(Cl)c3)cn(CCCN3[C@@H]4CC[C@H]3C[C@H](CC(=O)c3ccccn3)C4)c12. The van der Waals surface area contributed by atoms with Gasteiger partial charge in [-0.1, -0.05) is 60.5 Å². The lowest BCUT2D eigenvalue weighted by atomic mass is 9.86. The normalized spacial score (nSPS) is 20.0. The van der Waals surface area contributed by atoms with Crippen molar-refractivity contribution in [3.8, 4) is 0 Å². The van der Waals surface area contributed by atoms with E-state index in [0.29, 0.717) is 52.3 Å². The second kappa shape index (κ2) is 13.2. The molecule has 0 unspecified atom stereocenters. The zero-order valence-corrected chi connectivity index (χ0v) is 26.1. The van der Waals surface area contributed by atoms with Crippen molar-refractivity contribution in [1.29, 1.82) is 0 Å². The van der Waals surface area contributed by atoms with E-state index in [1.165, 1.54) is 18.4 Å². The fourth-order valence-electron chi connectivity index (χ4n) is 7.24. The summed E-state index contributed by atoms with van der Waals surface area (Å²) in [6, 6.07) is 18.3. The smallest absolute Gasteiger partial charge is 0.253 e. The third-order valence-corrected chi connectivity index (χ3v) is 10.0. The minimum atomic E-state index is -0.0940. The minimum absolute atomic E-state index is 0.0940. The number of pyridine rings is 1. The highest BCUT2D eigenvalue weighted by Crippen LogP contribution is 2.40. The van der Waals surface area contributed by atoms with E-state index in [1.54, 1.807) is 18.3 Å². The second-order valence-corrected chi connectivity index (χ2v) is 12.8. The maximum Gasteiger partial charge on any atom is 0.253 e. The molecule has 43 heavy (non-hydrogen) atoms. The first-order chi connectivity index (χ1) is 20.9. The van der Waals surface area contributed by atoms with Crippen LogP contribution in [0, 0.1) is 5.92 Å². The predicted octanol–water partition coefficient (Wildman–Crippen LogP) is 7.74. The molecule has 1 N–H and O–H groups in total. The summed E-state index contributed by atoms with van der Waals surface area (Å²) in [6.45, 7) is 4.42. The Bertz CT molecular complexity index is 1610. The van der Waals surface area contributed by atoms with E-state index in [0.717, 1.165) is 55.2 Å². The van der Waals surface area contributed by atoms with Crippen LogP contribution in [-0.4, -0.2) is 44.8 Å². The molecular weight excluding hydrogens is 579 g/mol. The summed E-state index contributed by atoms with van der Waals surface area (Å²) in [5.41, 5.74) is 4.59. The van der Waals surface area contributed by atoms with Gasteiger partial charge in [0.2, 0.25) is 0 Å². The summed E-state index contributed by atoms with van der Waals surface area (Å²) in [4.78, 5) is 33.1. The van der Waals surface area contributed by atoms with Gasteiger partial charge < -0.3 is 9.88 Å². The summed E-state index contributed by atoms with van der Waals surface area (Å²) in [7, 11) is 0. The number of para-hydroxylation sites is 1. The average molecular weight is 618 g/mol. The van der Waals surface area contributed by atoms with Gasteiger partial charge in [-0.15, -0.1) is 0 Å². The van der Waals surface area contributed by atoms with Gasteiger partial charge in [0, 0.05) is 55.9 Å². The number of Topliss-reactive ketones (excluding diaryl/α,β-unsaturated/α-hetero) is 1. The number of benzene rings is 2. The van der Waals surface area contributed by atoms with Crippen molar-refractivity contribution < 1.29 is 9.59 Å². The fourth-order valence-corrected chi connectivity index (χ4v) is 7.56. The van der Waals surface area contributed by atoms with Crippen molar-refractivity contribution in [3.05, 3.63) is 99.4 Å². The van der Waals surface area contributed by atoms with Crippen LogP contribution in [0.1, 0.15) is 77.4 Å². The molecule has 4 heterocycles. The summed E-state index contributed by atoms with van der Waals surface area (Å²) in [6.07, 6.45) is 10.8. The Morgan fingerprint density at radius 1 is 0.977 bits per heavy atom. The van der Waals surface area contributed by atoms with Crippen molar-refractivity contribution in [2.24, 2.45) is 5.92 Å². The molecule has 8 heteroatoms. The van der Waals surface area contributed by atoms with Crippen LogP contribution in [-0.2, 0) is 19.5 Å². The zero-order valence-electron chi connectivity index (χ0n) is 24.6. The lowest BCUT2D eigenvalue weighted by Crippen LogP contribution is -2.43. The standard InChI is InChI=1S/C35H38Cl2N4O2/c1-2-25-7-5-8-28-29(35(43)39-21-23-10-13-30(36)31(37)19-23)22-40(34(25)28)15-6-16-41-26-11-12-27(41)18-24(17-26)20-33(42)32-9-3-4-14-38-32/h3-5,7-10,13-14,19,22,24,26-27H,2,6,11-12,15-18,20-21H2,1H3,(H,39,43)/t24-,26-,27+. The van der Waals surface area contributed by atoms with Gasteiger partial charge in [0.05, 0.1) is 21.1 Å². The summed E-state index contributed by atoms with van der Waals surface area (Å²) >= 11 is 12.2. The van der Waals surface area contributed by atoms with E-state index < -0.39 is 0 Å². The number of fused-ring (bicyclic) bond motifs is 3. The van der Waals surface area contributed by atoms with Crippen LogP contribution in [0.3, 0.4) is 0 Å². The summed E-state index contributed by atoms with van der Waals surface area (Å²) < 4.78 is 2.28. The fraction of sp³-hybridized carbons (Fsp3) is 0.400. The van der Waals surface area contributed by atoms with Gasteiger partial charge in [0.15, 0.2) is 5.78 Å². The number of amides is 1. The number of carbonyl (C=O) groups is 2. The van der Waals surface area contributed by atoms with Crippen LogP contribution in [0.4, 0.5) is 0 Å². The highest BCUT2D eigenvalue weighted by atomic mass is 35.5. The van der Waals surface area contributed by atoms with Gasteiger partial charge in [-0.3, -0.25) is 19.5 Å². The molecular formula is C35H38Cl2N4O2. The number of aromatic nitrogens is 2. The Kier molecular flexibility index (Phi) is 9.17. The molecule has 0 radical (unpaired) electrons. The molecule has 0 saturated carbocycles. The quantitative estimate of drug-likeness (QED) is 0.175. The molecule has 4 aromatic rings. The predicted molar refractivity (Wildman–Crippen MR) is 173 cm³/mol. The Hall–Kier alpha value is -3.19. The number of carbonyl (C=O) groups excluding carboxylic acids is 2. The molecule has 0 aliphatic carbocycles. The second-order valence-electron chi connectivity index (χ2n) is 12.0. The molecule has 6 nitrogen and oxygen atoms in total. The first kappa shape index (κ1) is 29.9. The summed E-state index contributed by atoms with van der Waals surface area (Å²) in [5, 5.41) is 5.04. The van der Waals surface area contributed by atoms with Crippen LogP contribution in [0.5, 0.6) is 0 Å². The van der Waals surface area contributed by atoms with E-state index in [9.17, 15) is 9.59 Å². The molecule has 2 aromatic heterocycles. The van der Waals surface area contributed by atoms with Gasteiger partial charge in [-0.05, 0) is 79.8 Å². The Labute approximate surface area is 263 Å². The van der Waals surface area contributed by atoms with Crippen LogP contribution in [0.25, 0.3) is 10.9 Å². The van der Waals surface area contributed by atoms with Crippen molar-refractivity contribution >= 4 is 45.8 Å².